The number of hydrogen-bond acceptors (Lipinski definition) is 3. The number of nitrogens with two attached hydrogens (primary N) is 1. The number of carbonyl (C=O) groups excluding carboxylic acids is 1. The van der Waals surface area contributed by atoms with Crippen molar-refractivity contribution in [3.8, 4) is 5.75 Å². The number of hydrogen-bond donors (Lipinski definition) is 2. The van der Waals surface area contributed by atoms with Gasteiger partial charge in [0.2, 0.25) is 5.91 Å². The van der Waals surface area contributed by atoms with Gasteiger partial charge in [0.05, 0.1) is 5.54 Å². The Morgan fingerprint density at radius 1 is 1.33 bits per heavy atom. The highest BCUT2D eigenvalue weighted by Crippen LogP contribution is 2.16. The SMILES string of the molecule is CC(CCc1ccc(OC(F)F)cc1)NC(C)(C)C(N)=O. The number of halogens is 2. The van der Waals surface area contributed by atoms with E-state index in [-0.39, 0.29) is 11.8 Å². The van der Waals surface area contributed by atoms with Crippen molar-refractivity contribution in [1.82, 2.24) is 5.32 Å². The molecule has 1 amide bonds. The minimum absolute atomic E-state index is 0.101. The molecule has 0 aliphatic carbocycles. The fourth-order valence-corrected chi connectivity index (χ4v) is 1.98. The van der Waals surface area contributed by atoms with Crippen molar-refractivity contribution in [3.05, 3.63) is 29.8 Å². The van der Waals surface area contributed by atoms with Crippen LogP contribution in [0.3, 0.4) is 0 Å². The van der Waals surface area contributed by atoms with Gasteiger partial charge in [0.1, 0.15) is 5.75 Å². The summed E-state index contributed by atoms with van der Waals surface area (Å²) in [4.78, 5) is 11.2. The lowest BCUT2D eigenvalue weighted by Gasteiger charge is -2.27. The van der Waals surface area contributed by atoms with Gasteiger partial charge in [0, 0.05) is 6.04 Å². The van der Waals surface area contributed by atoms with Crippen molar-refractivity contribution in [2.24, 2.45) is 5.73 Å². The maximum atomic E-state index is 12.0. The summed E-state index contributed by atoms with van der Waals surface area (Å²) >= 11 is 0. The predicted octanol–water partition coefficient (Wildman–Crippen LogP) is 2.46. The molecule has 4 nitrogen and oxygen atoms in total. The summed E-state index contributed by atoms with van der Waals surface area (Å²) in [5, 5.41) is 3.16. The fourth-order valence-electron chi connectivity index (χ4n) is 1.98. The van der Waals surface area contributed by atoms with E-state index in [2.05, 4.69) is 10.1 Å². The lowest BCUT2D eigenvalue weighted by Crippen LogP contribution is -2.53. The van der Waals surface area contributed by atoms with Crippen LogP contribution in [0.4, 0.5) is 8.78 Å². The molecule has 0 radical (unpaired) electrons. The number of amides is 1. The second kappa shape index (κ2) is 7.36. The summed E-state index contributed by atoms with van der Waals surface area (Å²) in [6, 6.07) is 6.65. The summed E-state index contributed by atoms with van der Waals surface area (Å²) in [6.07, 6.45) is 1.56. The zero-order chi connectivity index (χ0) is 16.0. The summed E-state index contributed by atoms with van der Waals surface area (Å²) in [5.74, 6) is -0.252. The zero-order valence-corrected chi connectivity index (χ0v) is 12.5. The van der Waals surface area contributed by atoms with Crippen LogP contribution in [-0.4, -0.2) is 24.1 Å². The summed E-state index contributed by atoms with van der Waals surface area (Å²) in [6.45, 7) is 2.64. The van der Waals surface area contributed by atoms with Gasteiger partial charge in [-0.2, -0.15) is 8.78 Å². The van der Waals surface area contributed by atoms with E-state index >= 15 is 0 Å². The number of alkyl halides is 2. The van der Waals surface area contributed by atoms with Gasteiger partial charge in [-0.25, -0.2) is 0 Å². The fraction of sp³-hybridized carbons (Fsp3) is 0.533. The molecule has 0 fully saturated rings. The summed E-state index contributed by atoms with van der Waals surface area (Å²) < 4.78 is 28.3. The molecule has 1 atom stereocenters. The minimum Gasteiger partial charge on any atom is -0.435 e. The first-order valence-electron chi connectivity index (χ1n) is 6.82. The Bertz CT molecular complexity index is 461. The first-order chi connectivity index (χ1) is 9.70. The van der Waals surface area contributed by atoms with Crippen LogP contribution in [0.1, 0.15) is 32.8 Å². The van der Waals surface area contributed by atoms with Crippen LogP contribution in [-0.2, 0) is 11.2 Å². The van der Waals surface area contributed by atoms with Crippen molar-refractivity contribution in [1.29, 1.82) is 0 Å². The molecule has 1 aromatic rings. The molecule has 1 aromatic carbocycles. The quantitative estimate of drug-likeness (QED) is 0.775. The number of nitrogens with one attached hydrogen (secondary N) is 1. The number of carbonyl (C=O) groups is 1. The highest BCUT2D eigenvalue weighted by atomic mass is 19.3. The Kier molecular flexibility index (Phi) is 6.08. The number of benzene rings is 1. The van der Waals surface area contributed by atoms with Gasteiger partial charge in [-0.15, -0.1) is 0 Å². The van der Waals surface area contributed by atoms with Crippen LogP contribution < -0.4 is 15.8 Å². The lowest BCUT2D eigenvalue weighted by atomic mass is 10.0. The third-order valence-corrected chi connectivity index (χ3v) is 3.24. The Hall–Kier alpha value is -1.69. The molecule has 1 rings (SSSR count). The van der Waals surface area contributed by atoms with Crippen LogP contribution in [0.15, 0.2) is 24.3 Å². The van der Waals surface area contributed by atoms with Crippen molar-refractivity contribution in [2.45, 2.75) is 51.8 Å². The van der Waals surface area contributed by atoms with Crippen LogP contribution in [0.2, 0.25) is 0 Å². The first kappa shape index (κ1) is 17.4. The molecule has 0 aliphatic rings. The summed E-state index contributed by atoms with van der Waals surface area (Å²) in [5.41, 5.74) is 5.57. The van der Waals surface area contributed by atoms with Gasteiger partial charge in [0.25, 0.3) is 0 Å². The highest BCUT2D eigenvalue weighted by Gasteiger charge is 2.25. The number of ether oxygens (including phenoxy) is 1. The van der Waals surface area contributed by atoms with Crippen LogP contribution in [0, 0.1) is 0 Å². The molecule has 0 saturated carbocycles. The average molecular weight is 300 g/mol. The molecule has 6 heteroatoms. The second-order valence-electron chi connectivity index (χ2n) is 5.60. The van der Waals surface area contributed by atoms with E-state index in [9.17, 15) is 13.6 Å². The topological polar surface area (TPSA) is 64.3 Å². The van der Waals surface area contributed by atoms with Crippen LogP contribution in [0.25, 0.3) is 0 Å². The molecule has 1 unspecified atom stereocenters. The molecule has 0 aliphatic heterocycles. The monoisotopic (exact) mass is 300 g/mol. The maximum absolute atomic E-state index is 12.0. The number of aryl methyl sites for hydroxylation is 1. The third-order valence-electron chi connectivity index (χ3n) is 3.24. The second-order valence-corrected chi connectivity index (χ2v) is 5.60. The number of rotatable bonds is 8. The largest absolute Gasteiger partial charge is 0.435 e. The third kappa shape index (κ3) is 6.08. The van der Waals surface area contributed by atoms with Crippen molar-refractivity contribution < 1.29 is 18.3 Å². The highest BCUT2D eigenvalue weighted by molar-refractivity contribution is 5.83. The molecule has 0 aromatic heterocycles. The zero-order valence-electron chi connectivity index (χ0n) is 12.5. The molecule has 0 heterocycles. The Balaban J connectivity index is 2.46. The Labute approximate surface area is 123 Å². The normalized spacial score (nSPS) is 13.2. The van der Waals surface area contributed by atoms with E-state index in [1.165, 1.54) is 12.1 Å². The van der Waals surface area contributed by atoms with Crippen molar-refractivity contribution in [3.63, 3.8) is 0 Å². The van der Waals surface area contributed by atoms with E-state index in [4.69, 9.17) is 5.73 Å². The van der Waals surface area contributed by atoms with Crippen molar-refractivity contribution in [2.75, 3.05) is 0 Å². The maximum Gasteiger partial charge on any atom is 0.387 e. The molecule has 0 spiro atoms. The minimum atomic E-state index is -2.81. The van der Waals surface area contributed by atoms with Crippen LogP contribution in [0.5, 0.6) is 5.75 Å². The van der Waals surface area contributed by atoms with E-state index in [0.29, 0.717) is 0 Å². The average Bonchev–Trinajstić information content (AvgIpc) is 2.36. The first-order valence-corrected chi connectivity index (χ1v) is 6.82. The standard InChI is InChI=1S/C15H22F2N2O2/c1-10(19-15(2,3)13(18)20)4-5-11-6-8-12(9-7-11)21-14(16)17/h6-10,14,19H,4-5H2,1-3H3,(H2,18,20). The van der Waals surface area contributed by atoms with Gasteiger partial charge in [-0.1, -0.05) is 12.1 Å². The van der Waals surface area contributed by atoms with Gasteiger partial charge in [0.15, 0.2) is 0 Å². The molecular formula is C15H22F2N2O2. The molecule has 118 valence electrons. The number of primary amides is 1. The van der Waals surface area contributed by atoms with Crippen molar-refractivity contribution >= 4 is 5.91 Å². The Morgan fingerprint density at radius 2 is 1.90 bits per heavy atom. The van der Waals surface area contributed by atoms with E-state index in [0.717, 1.165) is 18.4 Å². The lowest BCUT2D eigenvalue weighted by molar-refractivity contribution is -0.123. The Morgan fingerprint density at radius 3 is 2.38 bits per heavy atom. The smallest absolute Gasteiger partial charge is 0.387 e. The molecule has 0 bridgehead atoms. The van der Waals surface area contributed by atoms with E-state index < -0.39 is 18.1 Å². The molecule has 3 N–H and O–H groups in total. The van der Waals surface area contributed by atoms with Crippen LogP contribution >= 0.6 is 0 Å². The molecular weight excluding hydrogens is 278 g/mol. The predicted molar refractivity (Wildman–Crippen MR) is 77.3 cm³/mol. The molecule has 0 saturated heterocycles. The van der Waals surface area contributed by atoms with Gasteiger partial charge >= 0.3 is 6.61 Å². The molecule has 21 heavy (non-hydrogen) atoms. The van der Waals surface area contributed by atoms with Gasteiger partial charge in [-0.05, 0) is 51.3 Å². The van der Waals surface area contributed by atoms with Gasteiger partial charge in [-0.3, -0.25) is 4.79 Å². The summed E-state index contributed by atoms with van der Waals surface area (Å²) in [7, 11) is 0. The van der Waals surface area contributed by atoms with Gasteiger partial charge < -0.3 is 15.8 Å². The van der Waals surface area contributed by atoms with E-state index in [1.54, 1.807) is 26.0 Å². The van der Waals surface area contributed by atoms with E-state index in [1.807, 2.05) is 6.92 Å².